The standard InChI is InChI=1S/C10H9F3N2O6S/c1-5(9(16)17)14-22(20,21)8-3-2-6(15(18)19)4-7(8)10(11,12)13/h2-5,14H,1H3,(H,16,17)/t5-/m0/s1. The molecule has 1 atom stereocenters. The van der Waals surface area contributed by atoms with Gasteiger partial charge in [0, 0.05) is 12.1 Å². The first-order valence-electron chi connectivity index (χ1n) is 5.47. The first-order chi connectivity index (χ1) is 9.86. The maximum atomic E-state index is 12.9. The van der Waals surface area contributed by atoms with Gasteiger partial charge in [-0.3, -0.25) is 14.9 Å². The van der Waals surface area contributed by atoms with Crippen LogP contribution in [0, 0.1) is 10.1 Å². The number of nitro groups is 1. The van der Waals surface area contributed by atoms with Crippen molar-refractivity contribution in [1.82, 2.24) is 4.72 Å². The summed E-state index contributed by atoms with van der Waals surface area (Å²) in [6.45, 7) is 0.915. The summed E-state index contributed by atoms with van der Waals surface area (Å²) in [7, 11) is -4.83. The van der Waals surface area contributed by atoms with Gasteiger partial charge in [0.1, 0.15) is 6.04 Å². The normalized spacial score (nSPS) is 13.6. The molecule has 12 heteroatoms. The molecule has 0 radical (unpaired) electrons. The van der Waals surface area contributed by atoms with Gasteiger partial charge in [0.15, 0.2) is 0 Å². The molecular weight excluding hydrogens is 333 g/mol. The first-order valence-corrected chi connectivity index (χ1v) is 6.95. The third kappa shape index (κ3) is 3.92. The van der Waals surface area contributed by atoms with Crippen molar-refractivity contribution in [3.05, 3.63) is 33.9 Å². The summed E-state index contributed by atoms with van der Waals surface area (Å²) in [5.41, 5.74) is -2.70. The van der Waals surface area contributed by atoms with Crippen LogP contribution in [0.1, 0.15) is 12.5 Å². The van der Waals surface area contributed by atoms with Crippen molar-refractivity contribution in [2.45, 2.75) is 24.0 Å². The molecule has 8 nitrogen and oxygen atoms in total. The van der Waals surface area contributed by atoms with Crippen LogP contribution >= 0.6 is 0 Å². The summed E-state index contributed by atoms with van der Waals surface area (Å²) in [5.74, 6) is -1.60. The number of nitrogens with zero attached hydrogens (tertiary/aromatic N) is 1. The molecule has 122 valence electrons. The lowest BCUT2D eigenvalue weighted by molar-refractivity contribution is -0.385. The Hall–Kier alpha value is -2.21. The highest BCUT2D eigenvalue weighted by Crippen LogP contribution is 2.36. The minimum Gasteiger partial charge on any atom is -0.480 e. The van der Waals surface area contributed by atoms with Crippen molar-refractivity contribution in [1.29, 1.82) is 0 Å². The van der Waals surface area contributed by atoms with Crippen molar-refractivity contribution < 1.29 is 36.4 Å². The fraction of sp³-hybridized carbons (Fsp3) is 0.300. The lowest BCUT2D eigenvalue weighted by Crippen LogP contribution is -2.39. The van der Waals surface area contributed by atoms with E-state index in [0.29, 0.717) is 12.1 Å². The molecule has 22 heavy (non-hydrogen) atoms. The average Bonchev–Trinajstić information content (AvgIpc) is 2.36. The SMILES string of the molecule is C[C@H](NS(=O)(=O)c1ccc([N+](=O)[O-])cc1C(F)(F)F)C(=O)O. The third-order valence-electron chi connectivity index (χ3n) is 2.47. The minimum absolute atomic E-state index is 0.0694. The second-order valence-electron chi connectivity index (χ2n) is 4.12. The quantitative estimate of drug-likeness (QED) is 0.614. The van der Waals surface area contributed by atoms with Gasteiger partial charge < -0.3 is 5.11 Å². The Bertz CT molecular complexity index is 716. The topological polar surface area (TPSA) is 127 Å². The maximum absolute atomic E-state index is 12.9. The first kappa shape index (κ1) is 17.8. The van der Waals surface area contributed by atoms with Crippen molar-refractivity contribution in [2.24, 2.45) is 0 Å². The third-order valence-corrected chi connectivity index (χ3v) is 4.07. The molecule has 0 aliphatic rings. The Labute approximate surface area is 121 Å². The van der Waals surface area contributed by atoms with Gasteiger partial charge in [-0.05, 0) is 13.0 Å². The van der Waals surface area contributed by atoms with Gasteiger partial charge in [0.05, 0.1) is 15.4 Å². The van der Waals surface area contributed by atoms with Crippen LogP contribution in [0.3, 0.4) is 0 Å². The number of rotatable bonds is 5. The van der Waals surface area contributed by atoms with Crippen molar-refractivity contribution in [2.75, 3.05) is 0 Å². The Morgan fingerprint density at radius 1 is 1.41 bits per heavy atom. The zero-order chi connectivity index (χ0) is 17.3. The van der Waals surface area contributed by atoms with E-state index in [1.165, 1.54) is 4.72 Å². The second kappa shape index (κ2) is 5.88. The number of halogens is 3. The fourth-order valence-electron chi connectivity index (χ4n) is 1.43. The summed E-state index contributed by atoms with van der Waals surface area (Å²) in [4.78, 5) is 18.7. The number of benzene rings is 1. The molecular formula is C10H9F3N2O6S. The summed E-state index contributed by atoms with van der Waals surface area (Å²) in [5, 5.41) is 19.1. The van der Waals surface area contributed by atoms with Gasteiger partial charge in [-0.15, -0.1) is 0 Å². The molecule has 1 aromatic rings. The number of sulfonamides is 1. The lowest BCUT2D eigenvalue weighted by atomic mass is 10.2. The van der Waals surface area contributed by atoms with Gasteiger partial charge in [-0.1, -0.05) is 0 Å². The van der Waals surface area contributed by atoms with Gasteiger partial charge >= 0.3 is 12.1 Å². The number of hydrogen-bond acceptors (Lipinski definition) is 5. The average molecular weight is 342 g/mol. The molecule has 0 amide bonds. The number of carboxylic acid groups (broad SMARTS) is 1. The molecule has 0 heterocycles. The van der Waals surface area contributed by atoms with E-state index in [2.05, 4.69) is 0 Å². The van der Waals surface area contributed by atoms with Crippen LogP contribution in [0.2, 0.25) is 0 Å². The molecule has 0 bridgehead atoms. The summed E-state index contributed by atoms with van der Waals surface area (Å²) < 4.78 is 63.9. The summed E-state index contributed by atoms with van der Waals surface area (Å²) in [6.07, 6.45) is -5.18. The van der Waals surface area contributed by atoms with Crippen LogP contribution in [0.5, 0.6) is 0 Å². The fourth-order valence-corrected chi connectivity index (χ4v) is 2.84. The van der Waals surface area contributed by atoms with Crippen LogP contribution in [0.25, 0.3) is 0 Å². The molecule has 0 aliphatic carbocycles. The number of carbonyl (C=O) groups is 1. The van der Waals surface area contributed by atoms with Crippen LogP contribution in [-0.4, -0.2) is 30.5 Å². The van der Waals surface area contributed by atoms with Crippen LogP contribution in [0.4, 0.5) is 18.9 Å². The predicted octanol–water partition coefficient (Wildman–Crippen LogP) is 1.37. The van der Waals surface area contributed by atoms with Crippen LogP contribution in [0.15, 0.2) is 23.1 Å². The molecule has 2 N–H and O–H groups in total. The zero-order valence-corrected chi connectivity index (χ0v) is 11.6. The Morgan fingerprint density at radius 3 is 2.36 bits per heavy atom. The summed E-state index contributed by atoms with van der Waals surface area (Å²) in [6, 6.07) is -0.631. The van der Waals surface area contributed by atoms with Crippen molar-refractivity contribution in [3.8, 4) is 0 Å². The van der Waals surface area contributed by atoms with E-state index in [1.54, 1.807) is 0 Å². The van der Waals surface area contributed by atoms with Crippen molar-refractivity contribution in [3.63, 3.8) is 0 Å². The van der Waals surface area contributed by atoms with E-state index < -0.39 is 49.3 Å². The highest BCUT2D eigenvalue weighted by atomic mass is 32.2. The predicted molar refractivity (Wildman–Crippen MR) is 65.5 cm³/mol. The van der Waals surface area contributed by atoms with Crippen molar-refractivity contribution >= 4 is 21.7 Å². The van der Waals surface area contributed by atoms with Gasteiger partial charge in [-0.2, -0.15) is 17.9 Å². The number of carboxylic acids is 1. The molecule has 0 aliphatic heterocycles. The number of hydrogen-bond donors (Lipinski definition) is 2. The minimum atomic E-state index is -5.18. The Morgan fingerprint density at radius 2 is 1.95 bits per heavy atom. The molecule has 0 saturated carbocycles. The van der Waals surface area contributed by atoms with E-state index in [0.717, 1.165) is 6.92 Å². The van der Waals surface area contributed by atoms with Gasteiger partial charge in [-0.25, -0.2) is 8.42 Å². The molecule has 0 spiro atoms. The molecule has 1 rings (SSSR count). The second-order valence-corrected chi connectivity index (χ2v) is 5.80. The molecule has 0 saturated heterocycles. The van der Waals surface area contributed by atoms with E-state index in [4.69, 9.17) is 5.11 Å². The summed E-state index contributed by atoms with van der Waals surface area (Å²) >= 11 is 0. The van der Waals surface area contributed by atoms with Crippen LogP contribution < -0.4 is 4.72 Å². The van der Waals surface area contributed by atoms with E-state index >= 15 is 0 Å². The number of aliphatic carboxylic acids is 1. The number of nitro benzene ring substituents is 1. The molecule has 1 aromatic carbocycles. The van der Waals surface area contributed by atoms with E-state index in [-0.39, 0.29) is 6.07 Å². The molecule has 0 fully saturated rings. The zero-order valence-electron chi connectivity index (χ0n) is 10.8. The van der Waals surface area contributed by atoms with E-state index in [9.17, 15) is 36.5 Å². The molecule has 0 unspecified atom stereocenters. The monoisotopic (exact) mass is 342 g/mol. The smallest absolute Gasteiger partial charge is 0.417 e. The number of nitrogens with one attached hydrogen (secondary N) is 1. The van der Waals surface area contributed by atoms with E-state index in [1.807, 2.05) is 0 Å². The number of alkyl halides is 3. The lowest BCUT2D eigenvalue weighted by Gasteiger charge is -2.15. The maximum Gasteiger partial charge on any atom is 0.417 e. The Balaban J connectivity index is 3.46. The highest BCUT2D eigenvalue weighted by molar-refractivity contribution is 7.89. The van der Waals surface area contributed by atoms with Gasteiger partial charge in [0.25, 0.3) is 5.69 Å². The largest absolute Gasteiger partial charge is 0.480 e. The van der Waals surface area contributed by atoms with Crippen LogP contribution in [-0.2, 0) is 21.0 Å². The highest BCUT2D eigenvalue weighted by Gasteiger charge is 2.39. The Kier molecular flexibility index (Phi) is 4.77. The number of non-ortho nitro benzene ring substituents is 1. The van der Waals surface area contributed by atoms with Gasteiger partial charge in [0.2, 0.25) is 10.0 Å². The molecule has 0 aromatic heterocycles.